The summed E-state index contributed by atoms with van der Waals surface area (Å²) in [6.45, 7) is 0.984. The van der Waals surface area contributed by atoms with Crippen molar-refractivity contribution in [1.82, 2.24) is 4.98 Å². The van der Waals surface area contributed by atoms with E-state index in [-0.39, 0.29) is 12.6 Å². The van der Waals surface area contributed by atoms with Gasteiger partial charge in [-0.05, 0) is 25.0 Å². The van der Waals surface area contributed by atoms with Gasteiger partial charge < -0.3 is 10.0 Å². The zero-order chi connectivity index (χ0) is 10.7. The van der Waals surface area contributed by atoms with Gasteiger partial charge in [0.25, 0.3) is 0 Å². The van der Waals surface area contributed by atoms with Crippen LogP contribution in [0.4, 0.5) is 5.82 Å². The molecular formula is C11H14N2O2. The zero-order valence-corrected chi connectivity index (χ0v) is 8.47. The van der Waals surface area contributed by atoms with Gasteiger partial charge in [-0.25, -0.2) is 4.98 Å². The molecule has 15 heavy (non-hydrogen) atoms. The summed E-state index contributed by atoms with van der Waals surface area (Å²) in [7, 11) is 0. The van der Waals surface area contributed by atoms with Crippen molar-refractivity contribution < 1.29 is 9.90 Å². The number of aromatic nitrogens is 1. The molecule has 1 aliphatic heterocycles. The standard InChI is InChI=1S/C11H14N2O2/c14-7-9-3-1-5-12-11(9)13-6-2-4-10(13)8-15/h1,3,5,7,10,15H,2,4,6,8H2/t10-/m0/s1. The highest BCUT2D eigenvalue weighted by molar-refractivity contribution is 5.82. The molecule has 2 rings (SSSR count). The first-order valence-electron chi connectivity index (χ1n) is 5.14. The van der Waals surface area contributed by atoms with Crippen molar-refractivity contribution in [2.24, 2.45) is 0 Å². The second-order valence-electron chi connectivity index (χ2n) is 3.71. The van der Waals surface area contributed by atoms with E-state index >= 15 is 0 Å². The minimum absolute atomic E-state index is 0.110. The number of anilines is 1. The molecule has 1 N–H and O–H groups in total. The first kappa shape index (κ1) is 10.1. The van der Waals surface area contributed by atoms with Crippen LogP contribution in [-0.4, -0.2) is 35.6 Å². The Hall–Kier alpha value is -1.42. The first-order chi connectivity index (χ1) is 7.36. The highest BCUT2D eigenvalue weighted by Crippen LogP contribution is 2.25. The molecule has 0 saturated carbocycles. The van der Waals surface area contributed by atoms with E-state index in [0.717, 1.165) is 25.7 Å². The van der Waals surface area contributed by atoms with Gasteiger partial charge >= 0.3 is 0 Å². The third-order valence-corrected chi connectivity index (χ3v) is 2.80. The molecule has 0 aliphatic carbocycles. The third kappa shape index (κ3) is 1.85. The summed E-state index contributed by atoms with van der Waals surface area (Å²) in [5.41, 5.74) is 0.595. The molecule has 1 fully saturated rings. The fourth-order valence-corrected chi connectivity index (χ4v) is 2.05. The summed E-state index contributed by atoms with van der Waals surface area (Å²) in [5, 5.41) is 9.20. The Morgan fingerprint density at radius 3 is 3.27 bits per heavy atom. The molecule has 4 nitrogen and oxygen atoms in total. The van der Waals surface area contributed by atoms with Gasteiger partial charge in [-0.1, -0.05) is 0 Å². The molecular weight excluding hydrogens is 192 g/mol. The minimum atomic E-state index is 0.110. The van der Waals surface area contributed by atoms with Crippen molar-refractivity contribution >= 4 is 12.1 Å². The van der Waals surface area contributed by atoms with Crippen molar-refractivity contribution in [2.75, 3.05) is 18.1 Å². The number of nitrogens with zero attached hydrogens (tertiary/aromatic N) is 2. The van der Waals surface area contributed by atoms with Crippen LogP contribution in [0.1, 0.15) is 23.2 Å². The second kappa shape index (κ2) is 4.40. The predicted octanol–water partition coefficient (Wildman–Crippen LogP) is 0.855. The van der Waals surface area contributed by atoms with Gasteiger partial charge in [-0.15, -0.1) is 0 Å². The molecule has 0 bridgehead atoms. The number of carbonyl (C=O) groups is 1. The lowest BCUT2D eigenvalue weighted by atomic mass is 10.2. The van der Waals surface area contributed by atoms with Gasteiger partial charge in [-0.3, -0.25) is 4.79 Å². The van der Waals surface area contributed by atoms with Crippen LogP contribution in [0.5, 0.6) is 0 Å². The topological polar surface area (TPSA) is 53.4 Å². The quantitative estimate of drug-likeness (QED) is 0.745. The smallest absolute Gasteiger partial charge is 0.153 e. The Balaban J connectivity index is 2.31. The molecule has 0 radical (unpaired) electrons. The Morgan fingerprint density at radius 2 is 2.53 bits per heavy atom. The van der Waals surface area contributed by atoms with E-state index in [9.17, 15) is 9.90 Å². The van der Waals surface area contributed by atoms with Crippen LogP contribution in [0.25, 0.3) is 0 Å². The van der Waals surface area contributed by atoms with E-state index in [1.54, 1.807) is 18.3 Å². The molecule has 2 heterocycles. The number of rotatable bonds is 3. The van der Waals surface area contributed by atoms with Crippen molar-refractivity contribution in [3.63, 3.8) is 0 Å². The van der Waals surface area contributed by atoms with Crippen LogP contribution in [-0.2, 0) is 0 Å². The molecule has 4 heteroatoms. The van der Waals surface area contributed by atoms with E-state index < -0.39 is 0 Å². The summed E-state index contributed by atoms with van der Waals surface area (Å²) < 4.78 is 0. The number of aliphatic hydroxyl groups excluding tert-OH is 1. The summed E-state index contributed by atoms with van der Waals surface area (Å²) in [6.07, 6.45) is 4.50. The van der Waals surface area contributed by atoms with E-state index in [4.69, 9.17) is 0 Å². The van der Waals surface area contributed by atoms with Gasteiger partial charge in [0.15, 0.2) is 6.29 Å². The average molecular weight is 206 g/mol. The maximum absolute atomic E-state index is 10.8. The normalized spacial score (nSPS) is 20.6. The molecule has 1 saturated heterocycles. The van der Waals surface area contributed by atoms with Gasteiger partial charge in [0, 0.05) is 12.7 Å². The molecule has 1 aliphatic rings. The summed E-state index contributed by atoms with van der Waals surface area (Å²) >= 11 is 0. The van der Waals surface area contributed by atoms with E-state index in [1.165, 1.54) is 0 Å². The van der Waals surface area contributed by atoms with E-state index in [1.807, 2.05) is 4.90 Å². The van der Waals surface area contributed by atoms with Crippen LogP contribution in [0.2, 0.25) is 0 Å². The Labute approximate surface area is 88.6 Å². The number of aldehydes is 1. The SMILES string of the molecule is O=Cc1cccnc1N1CCC[C@H]1CO. The molecule has 1 aromatic heterocycles. The molecule has 1 aromatic rings. The molecule has 0 spiro atoms. The Morgan fingerprint density at radius 1 is 1.67 bits per heavy atom. The first-order valence-corrected chi connectivity index (χ1v) is 5.14. The van der Waals surface area contributed by atoms with Crippen LogP contribution in [0.3, 0.4) is 0 Å². The summed E-state index contributed by atoms with van der Waals surface area (Å²) in [5.74, 6) is 0.698. The lowest BCUT2D eigenvalue weighted by molar-refractivity contribution is 0.112. The number of aliphatic hydroxyl groups is 1. The van der Waals surface area contributed by atoms with Crippen LogP contribution >= 0.6 is 0 Å². The van der Waals surface area contributed by atoms with Crippen LogP contribution in [0.15, 0.2) is 18.3 Å². The zero-order valence-electron chi connectivity index (χ0n) is 8.47. The lowest BCUT2D eigenvalue weighted by Gasteiger charge is -2.24. The third-order valence-electron chi connectivity index (χ3n) is 2.80. The molecule has 0 amide bonds. The summed E-state index contributed by atoms with van der Waals surface area (Å²) in [6, 6.07) is 3.61. The maximum atomic E-state index is 10.8. The average Bonchev–Trinajstić information content (AvgIpc) is 2.76. The van der Waals surface area contributed by atoms with E-state index in [0.29, 0.717) is 11.4 Å². The number of hydrogen-bond acceptors (Lipinski definition) is 4. The molecule has 80 valence electrons. The lowest BCUT2D eigenvalue weighted by Crippen LogP contribution is -2.33. The molecule has 1 atom stereocenters. The largest absolute Gasteiger partial charge is 0.394 e. The minimum Gasteiger partial charge on any atom is -0.394 e. The molecule has 0 aromatic carbocycles. The van der Waals surface area contributed by atoms with Gasteiger partial charge in [0.1, 0.15) is 5.82 Å². The van der Waals surface area contributed by atoms with Crippen LogP contribution in [0, 0.1) is 0 Å². The fourth-order valence-electron chi connectivity index (χ4n) is 2.05. The maximum Gasteiger partial charge on any atom is 0.153 e. The number of carbonyl (C=O) groups excluding carboxylic acids is 1. The van der Waals surface area contributed by atoms with Crippen molar-refractivity contribution in [2.45, 2.75) is 18.9 Å². The summed E-state index contributed by atoms with van der Waals surface area (Å²) in [4.78, 5) is 17.1. The Bertz CT molecular complexity index is 354. The van der Waals surface area contributed by atoms with Crippen LogP contribution < -0.4 is 4.90 Å². The Kier molecular flexibility index (Phi) is 2.97. The van der Waals surface area contributed by atoms with Crippen molar-refractivity contribution in [1.29, 1.82) is 0 Å². The van der Waals surface area contributed by atoms with Crippen molar-refractivity contribution in [3.05, 3.63) is 23.9 Å². The van der Waals surface area contributed by atoms with Crippen molar-refractivity contribution in [3.8, 4) is 0 Å². The highest BCUT2D eigenvalue weighted by Gasteiger charge is 2.26. The molecule has 0 unspecified atom stereocenters. The van der Waals surface area contributed by atoms with Gasteiger partial charge in [0.05, 0.1) is 18.2 Å². The number of pyridine rings is 1. The predicted molar refractivity (Wildman–Crippen MR) is 57.1 cm³/mol. The fraction of sp³-hybridized carbons (Fsp3) is 0.455. The van der Waals surface area contributed by atoms with Gasteiger partial charge in [-0.2, -0.15) is 0 Å². The number of hydrogen-bond donors (Lipinski definition) is 1. The highest BCUT2D eigenvalue weighted by atomic mass is 16.3. The van der Waals surface area contributed by atoms with Gasteiger partial charge in [0.2, 0.25) is 0 Å². The second-order valence-corrected chi connectivity index (χ2v) is 3.71. The van der Waals surface area contributed by atoms with E-state index in [2.05, 4.69) is 4.98 Å². The monoisotopic (exact) mass is 206 g/mol.